The fraction of sp³-hybridized carbons (Fsp3) is 0.947. The molecule has 1 atom stereocenters. The van der Waals surface area contributed by atoms with Crippen molar-refractivity contribution >= 4 is 5.97 Å². The van der Waals surface area contributed by atoms with Gasteiger partial charge in [0.2, 0.25) is 0 Å². The maximum absolute atomic E-state index is 12.1. The molecule has 0 aliphatic rings. The van der Waals surface area contributed by atoms with Gasteiger partial charge in [0.25, 0.3) is 0 Å². The molecule has 0 amide bonds. The van der Waals surface area contributed by atoms with Crippen LogP contribution < -0.4 is 0 Å². The Balaban J connectivity index is 4.62. The van der Waals surface area contributed by atoms with E-state index in [0.717, 1.165) is 6.42 Å². The van der Waals surface area contributed by atoms with Crippen LogP contribution in [0.4, 0.5) is 0 Å². The summed E-state index contributed by atoms with van der Waals surface area (Å²) in [4.78, 5) is 12.1. The number of aliphatic hydroxyl groups excluding tert-OH is 5. The lowest BCUT2D eigenvalue weighted by atomic mass is 9.84. The van der Waals surface area contributed by atoms with Gasteiger partial charge in [-0.15, -0.1) is 0 Å². The number of esters is 1. The predicted octanol–water partition coefficient (Wildman–Crippen LogP) is -0.0571. The summed E-state index contributed by atoms with van der Waals surface area (Å²) in [5.74, 6) is -0.265. The van der Waals surface area contributed by atoms with Gasteiger partial charge in [0.1, 0.15) is 6.61 Å². The summed E-state index contributed by atoms with van der Waals surface area (Å²) >= 11 is 0. The highest BCUT2D eigenvalue weighted by atomic mass is 16.5. The van der Waals surface area contributed by atoms with Gasteiger partial charge in [-0.1, -0.05) is 27.7 Å². The van der Waals surface area contributed by atoms with Gasteiger partial charge in [-0.25, -0.2) is 0 Å². The predicted molar refractivity (Wildman–Crippen MR) is 99.9 cm³/mol. The zero-order valence-corrected chi connectivity index (χ0v) is 17.1. The van der Waals surface area contributed by atoms with Crippen molar-refractivity contribution in [3.63, 3.8) is 0 Å². The number of hydrogen-bond donors (Lipinski definition) is 5. The molecule has 0 saturated heterocycles. The van der Waals surface area contributed by atoms with Gasteiger partial charge in [-0.05, 0) is 17.8 Å². The highest BCUT2D eigenvalue weighted by Crippen LogP contribution is 2.26. The van der Waals surface area contributed by atoms with Crippen molar-refractivity contribution in [1.82, 2.24) is 0 Å². The quantitative estimate of drug-likeness (QED) is 0.259. The highest BCUT2D eigenvalue weighted by Gasteiger charge is 2.34. The summed E-state index contributed by atoms with van der Waals surface area (Å²) < 4.78 is 10.7. The minimum atomic E-state index is -1.21. The van der Waals surface area contributed by atoms with Crippen molar-refractivity contribution in [1.29, 1.82) is 0 Å². The van der Waals surface area contributed by atoms with Gasteiger partial charge in [-0.3, -0.25) is 4.79 Å². The van der Waals surface area contributed by atoms with Gasteiger partial charge in [0.15, 0.2) is 0 Å². The maximum Gasteiger partial charge on any atom is 0.306 e. The summed E-state index contributed by atoms with van der Waals surface area (Å²) in [6, 6.07) is 0. The Morgan fingerprint density at radius 1 is 0.815 bits per heavy atom. The van der Waals surface area contributed by atoms with Gasteiger partial charge in [0, 0.05) is 6.42 Å². The first-order valence-corrected chi connectivity index (χ1v) is 9.28. The second-order valence-electron chi connectivity index (χ2n) is 9.02. The summed E-state index contributed by atoms with van der Waals surface area (Å²) in [7, 11) is 0. The molecule has 162 valence electrons. The lowest BCUT2D eigenvalue weighted by Crippen LogP contribution is -2.44. The molecule has 0 spiro atoms. The number of ether oxygens (including phenoxy) is 2. The van der Waals surface area contributed by atoms with Gasteiger partial charge in [-0.2, -0.15) is 0 Å². The number of rotatable bonds is 14. The van der Waals surface area contributed by atoms with Crippen LogP contribution in [0.1, 0.15) is 40.5 Å². The first-order valence-electron chi connectivity index (χ1n) is 9.28. The number of hydrogen-bond acceptors (Lipinski definition) is 8. The normalized spacial score (nSPS) is 14.3. The molecule has 0 aromatic heterocycles. The lowest BCUT2D eigenvalue weighted by molar-refractivity contribution is -0.155. The van der Waals surface area contributed by atoms with E-state index in [2.05, 4.69) is 20.8 Å². The molecule has 0 aliphatic heterocycles. The van der Waals surface area contributed by atoms with Crippen molar-refractivity contribution < 1.29 is 39.8 Å². The van der Waals surface area contributed by atoms with E-state index in [1.807, 2.05) is 6.92 Å². The van der Waals surface area contributed by atoms with E-state index in [-0.39, 0.29) is 37.6 Å². The first kappa shape index (κ1) is 26.2. The smallest absolute Gasteiger partial charge is 0.306 e. The maximum atomic E-state index is 12.1. The Hall–Kier alpha value is -0.770. The van der Waals surface area contributed by atoms with Crippen LogP contribution in [0.25, 0.3) is 0 Å². The van der Waals surface area contributed by atoms with Crippen LogP contribution in [0.15, 0.2) is 0 Å². The monoisotopic (exact) mass is 394 g/mol. The minimum absolute atomic E-state index is 0.103. The van der Waals surface area contributed by atoms with Gasteiger partial charge >= 0.3 is 5.97 Å². The summed E-state index contributed by atoms with van der Waals surface area (Å²) in [6.45, 7) is 5.33. The van der Waals surface area contributed by atoms with Crippen LogP contribution in [0.3, 0.4) is 0 Å². The van der Waals surface area contributed by atoms with Crippen LogP contribution in [-0.4, -0.2) is 84.4 Å². The van der Waals surface area contributed by atoms with Crippen molar-refractivity contribution in [2.24, 2.45) is 22.2 Å². The number of carbonyl (C=O) groups is 1. The largest absolute Gasteiger partial charge is 0.465 e. The molecular formula is C19H38O8. The Morgan fingerprint density at radius 3 is 1.67 bits per heavy atom. The number of carbonyl (C=O) groups excluding carboxylic acids is 1. The SMILES string of the molecule is CC(CC(=O)OCC(CO)(CO)COCC(CO)(CO)CO)CC(C)(C)C. The average molecular weight is 395 g/mol. The van der Waals surface area contributed by atoms with Gasteiger partial charge in [0.05, 0.1) is 57.1 Å². The molecule has 0 bridgehead atoms. The molecule has 1 unspecified atom stereocenters. The van der Waals surface area contributed by atoms with Crippen LogP contribution in [0.5, 0.6) is 0 Å². The molecule has 0 rings (SSSR count). The van der Waals surface area contributed by atoms with Crippen LogP contribution in [-0.2, 0) is 14.3 Å². The third-order valence-electron chi connectivity index (χ3n) is 4.51. The fourth-order valence-corrected chi connectivity index (χ4v) is 2.74. The summed E-state index contributed by atoms with van der Waals surface area (Å²) in [5.41, 5.74) is -2.31. The Kier molecular flexibility index (Phi) is 11.6. The van der Waals surface area contributed by atoms with E-state index in [1.165, 1.54) is 0 Å². The molecule has 27 heavy (non-hydrogen) atoms. The topological polar surface area (TPSA) is 137 Å². The van der Waals surface area contributed by atoms with Crippen LogP contribution in [0, 0.1) is 22.2 Å². The summed E-state index contributed by atoms with van der Waals surface area (Å²) in [5, 5.41) is 47.2. The van der Waals surface area contributed by atoms with Crippen LogP contribution >= 0.6 is 0 Å². The van der Waals surface area contributed by atoms with E-state index in [1.54, 1.807) is 0 Å². The second-order valence-corrected chi connectivity index (χ2v) is 9.02. The van der Waals surface area contributed by atoms with Crippen molar-refractivity contribution in [3.05, 3.63) is 0 Å². The van der Waals surface area contributed by atoms with Crippen molar-refractivity contribution in [2.45, 2.75) is 40.5 Å². The molecule has 0 aromatic rings. The van der Waals surface area contributed by atoms with E-state index < -0.39 is 49.8 Å². The van der Waals surface area contributed by atoms with E-state index in [4.69, 9.17) is 9.47 Å². The molecule has 5 N–H and O–H groups in total. The molecule has 8 nitrogen and oxygen atoms in total. The third kappa shape index (κ3) is 9.82. The fourth-order valence-electron chi connectivity index (χ4n) is 2.74. The Bertz CT molecular complexity index is 402. The minimum Gasteiger partial charge on any atom is -0.465 e. The molecule has 0 aromatic carbocycles. The first-order chi connectivity index (χ1) is 12.5. The third-order valence-corrected chi connectivity index (χ3v) is 4.51. The zero-order valence-electron chi connectivity index (χ0n) is 17.1. The van der Waals surface area contributed by atoms with Gasteiger partial charge < -0.3 is 35.0 Å². The number of aliphatic hydroxyl groups is 5. The van der Waals surface area contributed by atoms with Crippen LogP contribution in [0.2, 0.25) is 0 Å². The molecule has 0 aliphatic carbocycles. The highest BCUT2D eigenvalue weighted by molar-refractivity contribution is 5.69. The molecule has 0 heterocycles. The van der Waals surface area contributed by atoms with Crippen molar-refractivity contribution in [2.75, 3.05) is 52.9 Å². The second kappa shape index (κ2) is 11.9. The zero-order chi connectivity index (χ0) is 21.1. The Labute approximate surface area is 162 Å². The van der Waals surface area contributed by atoms with Crippen molar-refractivity contribution in [3.8, 4) is 0 Å². The molecular weight excluding hydrogens is 356 g/mol. The Morgan fingerprint density at radius 2 is 1.26 bits per heavy atom. The van der Waals surface area contributed by atoms with E-state index in [9.17, 15) is 30.3 Å². The van der Waals surface area contributed by atoms with E-state index >= 15 is 0 Å². The molecule has 0 radical (unpaired) electrons. The molecule has 0 saturated carbocycles. The lowest BCUT2D eigenvalue weighted by Gasteiger charge is -2.32. The summed E-state index contributed by atoms with van der Waals surface area (Å²) in [6.07, 6.45) is 1.11. The molecule has 0 fully saturated rings. The standard InChI is InChI=1S/C19H38O8/c1-15(6-17(2,3)4)5-16(25)27-14-19(10-23,11-24)13-26-12-18(7-20,8-21)9-22/h15,20-24H,5-14H2,1-4H3. The van der Waals surface area contributed by atoms with E-state index in [0.29, 0.717) is 0 Å². The molecule has 8 heteroatoms. The average Bonchev–Trinajstić information content (AvgIpc) is 2.60.